The van der Waals surface area contributed by atoms with Gasteiger partial charge in [0, 0.05) is 5.56 Å². The molecule has 14 heteroatoms. The summed E-state index contributed by atoms with van der Waals surface area (Å²) in [6.07, 6.45) is -3.57. The number of nitrogens with one attached hydrogen (secondary N) is 1. The number of rotatable bonds is 6. The van der Waals surface area contributed by atoms with Crippen LogP contribution in [0.5, 0.6) is 5.75 Å². The maximum Gasteiger partial charge on any atom is 0.416 e. The number of benzene rings is 3. The molecule has 1 aromatic heterocycles. The Labute approximate surface area is 224 Å². The Bertz CT molecular complexity index is 1680. The Morgan fingerprint density at radius 2 is 1.88 bits per heavy atom. The number of halogens is 5. The molecule has 3 aromatic carbocycles. The highest BCUT2D eigenvalue weighted by Gasteiger charge is 2.37. The van der Waals surface area contributed by atoms with Gasteiger partial charge in [0.1, 0.15) is 23.5 Å². The van der Waals surface area contributed by atoms with E-state index in [1.165, 1.54) is 24.4 Å². The Morgan fingerprint density at radius 3 is 2.60 bits per heavy atom. The van der Waals surface area contributed by atoms with E-state index in [1.54, 1.807) is 0 Å². The van der Waals surface area contributed by atoms with Crippen LogP contribution in [-0.4, -0.2) is 38.5 Å². The molecule has 4 aromatic rings. The standard InChI is InChI=1S/C26H18F5N3O5S/c27-17-5-6-21(28)20(10-17)15-4-7-23-22(8-15)34(13-18(39-23)11-33-25(35)24-12-32-14-38-24)40(36,37)19-3-1-2-16(9-19)26(29,30)31/h1-10,12,14,18H,11,13H2,(H,33,35)/t18-/m0/s1. The van der Waals surface area contributed by atoms with Gasteiger partial charge in [-0.1, -0.05) is 12.1 Å². The van der Waals surface area contributed by atoms with Gasteiger partial charge in [-0.05, 0) is 54.1 Å². The molecular formula is C26H18F5N3O5S. The van der Waals surface area contributed by atoms with Crippen LogP contribution in [0.1, 0.15) is 16.1 Å². The minimum absolute atomic E-state index is 0.0127. The molecule has 0 fully saturated rings. The molecule has 208 valence electrons. The molecule has 2 heterocycles. The number of sulfonamides is 1. The summed E-state index contributed by atoms with van der Waals surface area (Å²) in [5.74, 6) is -2.29. The van der Waals surface area contributed by atoms with Crippen LogP contribution in [0.3, 0.4) is 0 Å². The van der Waals surface area contributed by atoms with E-state index in [-0.39, 0.29) is 34.9 Å². The maximum absolute atomic E-state index is 14.5. The van der Waals surface area contributed by atoms with Crippen molar-refractivity contribution in [2.45, 2.75) is 17.2 Å². The molecule has 40 heavy (non-hydrogen) atoms. The van der Waals surface area contributed by atoms with Crippen LogP contribution in [0.2, 0.25) is 0 Å². The minimum atomic E-state index is -4.80. The van der Waals surface area contributed by atoms with Crippen LogP contribution in [0.15, 0.2) is 82.6 Å². The lowest BCUT2D eigenvalue weighted by Crippen LogP contribution is -2.48. The van der Waals surface area contributed by atoms with E-state index in [9.17, 15) is 35.2 Å². The molecule has 0 radical (unpaired) electrons. The second-order valence-electron chi connectivity index (χ2n) is 8.68. The highest BCUT2D eigenvalue weighted by atomic mass is 32.2. The third-order valence-corrected chi connectivity index (χ3v) is 7.80. The Balaban J connectivity index is 1.55. The van der Waals surface area contributed by atoms with Crippen LogP contribution < -0.4 is 14.4 Å². The fourth-order valence-corrected chi connectivity index (χ4v) is 5.66. The lowest BCUT2D eigenvalue weighted by atomic mass is 10.0. The first-order valence-corrected chi connectivity index (χ1v) is 13.0. The van der Waals surface area contributed by atoms with E-state index in [1.807, 2.05) is 0 Å². The van der Waals surface area contributed by atoms with E-state index in [4.69, 9.17) is 9.15 Å². The lowest BCUT2D eigenvalue weighted by Gasteiger charge is -2.36. The molecule has 0 aliphatic carbocycles. The summed E-state index contributed by atoms with van der Waals surface area (Å²) in [7, 11) is -4.65. The smallest absolute Gasteiger partial charge is 0.416 e. The van der Waals surface area contributed by atoms with E-state index in [2.05, 4.69) is 10.3 Å². The van der Waals surface area contributed by atoms with Gasteiger partial charge < -0.3 is 14.5 Å². The molecule has 8 nitrogen and oxygen atoms in total. The fraction of sp³-hybridized carbons (Fsp3) is 0.154. The second kappa shape index (κ2) is 10.3. The first-order chi connectivity index (χ1) is 18.9. The molecule has 0 saturated carbocycles. The zero-order valence-corrected chi connectivity index (χ0v) is 21.0. The van der Waals surface area contributed by atoms with E-state index < -0.39 is 56.8 Å². The first kappa shape index (κ1) is 27.1. The molecule has 1 N–H and O–H groups in total. The number of hydrogen-bond donors (Lipinski definition) is 1. The first-order valence-electron chi connectivity index (χ1n) is 11.6. The van der Waals surface area contributed by atoms with Gasteiger partial charge in [0.2, 0.25) is 5.76 Å². The summed E-state index contributed by atoms with van der Waals surface area (Å²) in [4.78, 5) is 15.3. The number of anilines is 1. The topological polar surface area (TPSA) is 102 Å². The quantitative estimate of drug-likeness (QED) is 0.322. The van der Waals surface area contributed by atoms with Crippen molar-refractivity contribution in [1.82, 2.24) is 10.3 Å². The average molecular weight is 580 g/mol. The number of hydrogen-bond acceptors (Lipinski definition) is 6. The van der Waals surface area contributed by atoms with Crippen LogP contribution in [0.25, 0.3) is 11.1 Å². The van der Waals surface area contributed by atoms with Crippen molar-refractivity contribution in [3.8, 4) is 16.9 Å². The fourth-order valence-electron chi connectivity index (χ4n) is 4.11. The Morgan fingerprint density at radius 1 is 1.07 bits per heavy atom. The number of amides is 1. The minimum Gasteiger partial charge on any atom is -0.484 e. The number of alkyl halides is 3. The van der Waals surface area contributed by atoms with Crippen LogP contribution in [0.4, 0.5) is 27.6 Å². The van der Waals surface area contributed by atoms with Crippen molar-refractivity contribution < 1.29 is 44.3 Å². The molecule has 0 bridgehead atoms. The number of aromatic nitrogens is 1. The molecule has 1 atom stereocenters. The largest absolute Gasteiger partial charge is 0.484 e. The summed E-state index contributed by atoms with van der Waals surface area (Å²) in [6, 6.07) is 9.90. The third-order valence-electron chi connectivity index (χ3n) is 6.03. The highest BCUT2D eigenvalue weighted by Crippen LogP contribution is 2.41. The van der Waals surface area contributed by atoms with Gasteiger partial charge in [-0.25, -0.2) is 22.2 Å². The monoisotopic (exact) mass is 579 g/mol. The molecule has 0 saturated heterocycles. The van der Waals surface area contributed by atoms with E-state index >= 15 is 0 Å². The summed E-state index contributed by atoms with van der Waals surface area (Å²) in [6.45, 7) is -0.648. The highest BCUT2D eigenvalue weighted by molar-refractivity contribution is 7.92. The summed E-state index contributed by atoms with van der Waals surface area (Å²) in [5, 5.41) is 2.52. The zero-order chi connectivity index (χ0) is 28.7. The van der Waals surface area contributed by atoms with Gasteiger partial charge in [-0.15, -0.1) is 0 Å². The number of nitrogens with zero attached hydrogens (tertiary/aromatic N) is 2. The van der Waals surface area contributed by atoms with Crippen LogP contribution in [0, 0.1) is 11.6 Å². The molecular weight excluding hydrogens is 561 g/mol. The van der Waals surface area contributed by atoms with Gasteiger partial charge in [-0.2, -0.15) is 13.2 Å². The van der Waals surface area contributed by atoms with Crippen molar-refractivity contribution in [2.24, 2.45) is 0 Å². The van der Waals surface area contributed by atoms with Crippen LogP contribution in [-0.2, 0) is 16.2 Å². The van der Waals surface area contributed by atoms with Gasteiger partial charge >= 0.3 is 6.18 Å². The summed E-state index contributed by atoms with van der Waals surface area (Å²) in [5.41, 5.74) is -1.36. The predicted molar refractivity (Wildman–Crippen MR) is 131 cm³/mol. The predicted octanol–water partition coefficient (Wildman–Crippen LogP) is 5.02. The van der Waals surface area contributed by atoms with Crippen molar-refractivity contribution in [3.63, 3.8) is 0 Å². The van der Waals surface area contributed by atoms with Crippen LogP contribution >= 0.6 is 0 Å². The van der Waals surface area contributed by atoms with Crippen molar-refractivity contribution in [1.29, 1.82) is 0 Å². The third kappa shape index (κ3) is 5.34. The van der Waals surface area contributed by atoms with Crippen molar-refractivity contribution in [2.75, 3.05) is 17.4 Å². The molecule has 0 unspecified atom stereocenters. The Kier molecular flexibility index (Phi) is 6.96. The number of ether oxygens (including phenoxy) is 1. The number of oxazole rings is 1. The molecule has 0 spiro atoms. The molecule has 5 rings (SSSR count). The molecule has 1 amide bonds. The van der Waals surface area contributed by atoms with E-state index in [0.29, 0.717) is 6.07 Å². The Hall–Kier alpha value is -4.46. The van der Waals surface area contributed by atoms with Gasteiger partial charge in [0.15, 0.2) is 6.39 Å². The van der Waals surface area contributed by atoms with E-state index in [0.717, 1.165) is 47.1 Å². The number of fused-ring (bicyclic) bond motifs is 1. The number of carbonyl (C=O) groups excluding carboxylic acids is 1. The molecule has 1 aliphatic heterocycles. The van der Waals surface area contributed by atoms with Crippen molar-refractivity contribution in [3.05, 3.63) is 96.2 Å². The second-order valence-corrected chi connectivity index (χ2v) is 10.5. The average Bonchev–Trinajstić information content (AvgIpc) is 3.47. The zero-order valence-electron chi connectivity index (χ0n) is 20.2. The maximum atomic E-state index is 14.5. The number of carbonyl (C=O) groups is 1. The van der Waals surface area contributed by atoms with Crippen molar-refractivity contribution >= 4 is 21.6 Å². The van der Waals surface area contributed by atoms with Gasteiger partial charge in [0.25, 0.3) is 15.9 Å². The molecule has 1 aliphatic rings. The summed E-state index contributed by atoms with van der Waals surface area (Å²) < 4.78 is 107. The SMILES string of the molecule is O=C(NC[C@H]1CN(S(=O)(=O)c2cccc(C(F)(F)F)c2)c2cc(-c3cc(F)ccc3F)ccc2O1)c1cnco1. The summed E-state index contributed by atoms with van der Waals surface area (Å²) >= 11 is 0. The van der Waals surface area contributed by atoms with Gasteiger partial charge in [0.05, 0.1) is 35.4 Å². The normalized spacial score (nSPS) is 15.3. The van der Waals surface area contributed by atoms with Gasteiger partial charge in [-0.3, -0.25) is 9.10 Å². The lowest BCUT2D eigenvalue weighted by molar-refractivity contribution is -0.137.